The Kier molecular flexibility index (Phi) is 4.60. The number of ether oxygens (including phenoxy) is 1. The molecule has 0 amide bonds. The smallest absolute Gasteiger partial charge is 0.333 e. The highest BCUT2D eigenvalue weighted by Crippen LogP contribution is 2.34. The highest BCUT2D eigenvalue weighted by Gasteiger charge is 2.37. The molecular weight excluding hydrogens is 226 g/mol. The second kappa shape index (κ2) is 5.43. The van der Waals surface area contributed by atoms with E-state index in [0.29, 0.717) is 18.1 Å². The molecule has 1 N–H and O–H groups in total. The van der Waals surface area contributed by atoms with Crippen molar-refractivity contribution in [2.75, 3.05) is 6.61 Å². The fraction of sp³-hybridized carbons (Fsp3) is 0.800. The molecule has 1 aliphatic rings. The number of carbonyl (C=O) groups excluding carboxylic acids is 1. The first kappa shape index (κ1) is 15.2. The van der Waals surface area contributed by atoms with Crippen molar-refractivity contribution in [2.24, 2.45) is 5.92 Å². The Morgan fingerprint density at radius 2 is 1.78 bits per heavy atom. The van der Waals surface area contributed by atoms with Gasteiger partial charge in [0.1, 0.15) is 0 Å². The summed E-state index contributed by atoms with van der Waals surface area (Å²) in [6.45, 7) is 14.7. The summed E-state index contributed by atoms with van der Waals surface area (Å²) in [5.74, 6) is 0.330. The normalized spacial score (nSPS) is 22.5. The van der Waals surface area contributed by atoms with Crippen LogP contribution >= 0.6 is 0 Å². The molecule has 0 bridgehead atoms. The maximum atomic E-state index is 11.3. The van der Waals surface area contributed by atoms with Crippen molar-refractivity contribution >= 4 is 5.97 Å². The van der Waals surface area contributed by atoms with Gasteiger partial charge in [-0.1, -0.05) is 6.58 Å². The van der Waals surface area contributed by atoms with Gasteiger partial charge in [0.05, 0.1) is 6.61 Å². The molecule has 0 atom stereocenters. The van der Waals surface area contributed by atoms with Crippen LogP contribution in [0.1, 0.15) is 53.9 Å². The third-order valence-electron chi connectivity index (χ3n) is 3.38. The van der Waals surface area contributed by atoms with Gasteiger partial charge in [-0.25, -0.2) is 4.79 Å². The number of nitrogens with one attached hydrogen (secondary N) is 1. The van der Waals surface area contributed by atoms with Crippen LogP contribution in [0.5, 0.6) is 0 Å². The minimum atomic E-state index is -0.276. The minimum absolute atomic E-state index is 0.158. The van der Waals surface area contributed by atoms with Gasteiger partial charge >= 0.3 is 5.97 Å². The standard InChI is InChI=1S/C15H27NO2/c1-11(2)13(17)18-8-7-12-9-14(3,4)16-15(5,6)10-12/h12,16H,1,7-10H2,2-6H3. The van der Waals surface area contributed by atoms with Crippen LogP contribution in [0.3, 0.4) is 0 Å². The molecule has 1 heterocycles. The molecule has 0 unspecified atom stereocenters. The predicted octanol–water partition coefficient (Wildman–Crippen LogP) is 3.05. The molecule has 0 aromatic rings. The molecule has 1 aliphatic heterocycles. The Hall–Kier alpha value is -0.830. The molecule has 3 heteroatoms. The van der Waals surface area contributed by atoms with Crippen molar-refractivity contribution < 1.29 is 9.53 Å². The Morgan fingerprint density at radius 3 is 2.22 bits per heavy atom. The summed E-state index contributed by atoms with van der Waals surface area (Å²) in [6, 6.07) is 0. The lowest BCUT2D eigenvalue weighted by molar-refractivity contribution is -0.139. The Morgan fingerprint density at radius 1 is 1.28 bits per heavy atom. The summed E-state index contributed by atoms with van der Waals surface area (Å²) in [5.41, 5.74) is 0.788. The number of piperidine rings is 1. The molecule has 1 fully saturated rings. The van der Waals surface area contributed by atoms with Gasteiger partial charge in [0.25, 0.3) is 0 Å². The summed E-state index contributed by atoms with van der Waals surface area (Å²) < 4.78 is 5.18. The molecule has 18 heavy (non-hydrogen) atoms. The Labute approximate surface area is 111 Å². The summed E-state index contributed by atoms with van der Waals surface area (Å²) in [6.07, 6.45) is 3.19. The van der Waals surface area contributed by atoms with Crippen LogP contribution in [0, 0.1) is 5.92 Å². The number of esters is 1. The fourth-order valence-electron chi connectivity index (χ4n) is 3.18. The number of hydrogen-bond donors (Lipinski definition) is 1. The largest absolute Gasteiger partial charge is 0.462 e. The van der Waals surface area contributed by atoms with Gasteiger partial charge in [-0.05, 0) is 59.8 Å². The lowest BCUT2D eigenvalue weighted by atomic mass is 9.75. The zero-order valence-corrected chi connectivity index (χ0v) is 12.4. The van der Waals surface area contributed by atoms with Crippen LogP contribution < -0.4 is 5.32 Å². The number of hydrogen-bond acceptors (Lipinski definition) is 3. The zero-order chi connectivity index (χ0) is 14.0. The Bertz CT molecular complexity index is 315. The van der Waals surface area contributed by atoms with Crippen molar-refractivity contribution in [3.63, 3.8) is 0 Å². The Balaban J connectivity index is 2.43. The van der Waals surface area contributed by atoms with Gasteiger partial charge in [0, 0.05) is 16.7 Å². The second-order valence-electron chi connectivity index (χ2n) is 6.87. The van der Waals surface area contributed by atoms with Crippen LogP contribution in [-0.4, -0.2) is 23.7 Å². The first-order valence-corrected chi connectivity index (χ1v) is 6.73. The van der Waals surface area contributed by atoms with E-state index in [1.807, 2.05) is 0 Å². The lowest BCUT2D eigenvalue weighted by Crippen LogP contribution is -2.57. The van der Waals surface area contributed by atoms with Gasteiger partial charge in [0.15, 0.2) is 0 Å². The van der Waals surface area contributed by atoms with Crippen LogP contribution in [0.25, 0.3) is 0 Å². The van der Waals surface area contributed by atoms with Gasteiger partial charge in [0.2, 0.25) is 0 Å². The van der Waals surface area contributed by atoms with Gasteiger partial charge in [-0.3, -0.25) is 0 Å². The third-order valence-corrected chi connectivity index (χ3v) is 3.38. The second-order valence-corrected chi connectivity index (χ2v) is 6.87. The fourth-order valence-corrected chi connectivity index (χ4v) is 3.18. The third kappa shape index (κ3) is 4.81. The van der Waals surface area contributed by atoms with Crippen molar-refractivity contribution in [3.05, 3.63) is 12.2 Å². The molecule has 1 saturated heterocycles. The molecule has 0 aliphatic carbocycles. The van der Waals surface area contributed by atoms with E-state index in [4.69, 9.17) is 4.74 Å². The van der Waals surface area contributed by atoms with Crippen molar-refractivity contribution in [2.45, 2.75) is 65.0 Å². The van der Waals surface area contributed by atoms with Gasteiger partial charge in [-0.15, -0.1) is 0 Å². The predicted molar refractivity (Wildman–Crippen MR) is 74.4 cm³/mol. The highest BCUT2D eigenvalue weighted by molar-refractivity contribution is 5.86. The summed E-state index contributed by atoms with van der Waals surface area (Å²) in [5, 5.41) is 3.66. The lowest BCUT2D eigenvalue weighted by Gasteiger charge is -2.46. The molecule has 0 aromatic heterocycles. The van der Waals surface area contributed by atoms with E-state index in [1.54, 1.807) is 6.92 Å². The summed E-state index contributed by atoms with van der Waals surface area (Å²) in [7, 11) is 0. The highest BCUT2D eigenvalue weighted by atomic mass is 16.5. The molecule has 0 saturated carbocycles. The minimum Gasteiger partial charge on any atom is -0.462 e. The SMILES string of the molecule is C=C(C)C(=O)OCCC1CC(C)(C)NC(C)(C)C1. The summed E-state index contributed by atoms with van der Waals surface area (Å²) in [4.78, 5) is 11.3. The van der Waals surface area contributed by atoms with Crippen LogP contribution in [0.2, 0.25) is 0 Å². The van der Waals surface area contributed by atoms with Gasteiger partial charge < -0.3 is 10.1 Å². The van der Waals surface area contributed by atoms with E-state index in [9.17, 15) is 4.79 Å². The van der Waals surface area contributed by atoms with Crippen molar-refractivity contribution in [3.8, 4) is 0 Å². The van der Waals surface area contributed by atoms with E-state index in [0.717, 1.165) is 19.3 Å². The van der Waals surface area contributed by atoms with Crippen LogP contribution in [0.4, 0.5) is 0 Å². The molecule has 1 rings (SSSR count). The average Bonchev–Trinajstić information content (AvgIpc) is 2.11. The molecule has 0 aromatic carbocycles. The van der Waals surface area contributed by atoms with E-state index in [2.05, 4.69) is 39.6 Å². The molecule has 104 valence electrons. The van der Waals surface area contributed by atoms with Gasteiger partial charge in [-0.2, -0.15) is 0 Å². The topological polar surface area (TPSA) is 38.3 Å². The van der Waals surface area contributed by atoms with Crippen LogP contribution in [-0.2, 0) is 9.53 Å². The molecular formula is C15H27NO2. The molecule has 0 spiro atoms. The van der Waals surface area contributed by atoms with E-state index < -0.39 is 0 Å². The van der Waals surface area contributed by atoms with E-state index in [1.165, 1.54) is 0 Å². The molecule has 3 nitrogen and oxygen atoms in total. The van der Waals surface area contributed by atoms with Crippen LogP contribution in [0.15, 0.2) is 12.2 Å². The first-order valence-electron chi connectivity index (χ1n) is 6.73. The average molecular weight is 253 g/mol. The number of carbonyl (C=O) groups is 1. The number of rotatable bonds is 4. The molecule has 0 radical (unpaired) electrons. The monoisotopic (exact) mass is 253 g/mol. The first-order chi connectivity index (χ1) is 8.11. The van der Waals surface area contributed by atoms with Crippen molar-refractivity contribution in [1.29, 1.82) is 0 Å². The summed E-state index contributed by atoms with van der Waals surface area (Å²) >= 11 is 0. The maximum absolute atomic E-state index is 11.3. The van der Waals surface area contributed by atoms with E-state index in [-0.39, 0.29) is 17.0 Å². The zero-order valence-electron chi connectivity index (χ0n) is 12.4. The maximum Gasteiger partial charge on any atom is 0.333 e. The quantitative estimate of drug-likeness (QED) is 0.618. The van der Waals surface area contributed by atoms with E-state index >= 15 is 0 Å². The van der Waals surface area contributed by atoms with Crippen molar-refractivity contribution in [1.82, 2.24) is 5.32 Å².